The second-order valence-corrected chi connectivity index (χ2v) is 8.06. The van der Waals surface area contributed by atoms with Gasteiger partial charge in [-0.3, -0.25) is 9.59 Å². The van der Waals surface area contributed by atoms with Crippen molar-refractivity contribution in [2.24, 2.45) is 5.41 Å². The molecule has 1 amide bonds. The fourth-order valence-electron chi connectivity index (χ4n) is 1.86. The number of halogens is 2. The van der Waals surface area contributed by atoms with Crippen LogP contribution in [0.3, 0.4) is 0 Å². The third-order valence-corrected chi connectivity index (χ3v) is 4.72. The highest BCUT2D eigenvalue weighted by molar-refractivity contribution is 7.14. The van der Waals surface area contributed by atoms with Crippen LogP contribution < -0.4 is 10.1 Å². The molecule has 0 bridgehead atoms. The van der Waals surface area contributed by atoms with Gasteiger partial charge in [0.25, 0.3) is 0 Å². The molecule has 2 aromatic rings. The third kappa shape index (κ3) is 5.54. The smallest absolute Gasteiger partial charge is 0.225 e. The van der Waals surface area contributed by atoms with E-state index in [2.05, 4.69) is 5.32 Å². The van der Waals surface area contributed by atoms with E-state index in [9.17, 15) is 14.0 Å². The summed E-state index contributed by atoms with van der Waals surface area (Å²) in [5, 5.41) is 2.95. The maximum absolute atomic E-state index is 13.0. The molecular formula is C18H19ClFNO3S. The van der Waals surface area contributed by atoms with E-state index in [-0.39, 0.29) is 29.1 Å². The highest BCUT2D eigenvalue weighted by Crippen LogP contribution is 2.25. The average Bonchev–Trinajstić information content (AvgIpc) is 2.99. The van der Waals surface area contributed by atoms with E-state index in [0.29, 0.717) is 11.4 Å². The summed E-state index contributed by atoms with van der Waals surface area (Å²) in [7, 11) is 0. The van der Waals surface area contributed by atoms with E-state index in [0.717, 1.165) is 10.9 Å². The van der Waals surface area contributed by atoms with Gasteiger partial charge in [-0.05, 0) is 30.3 Å². The maximum atomic E-state index is 13.0. The molecular weight excluding hydrogens is 365 g/mol. The first-order valence-electron chi connectivity index (χ1n) is 7.65. The largest absolute Gasteiger partial charge is 0.484 e. The van der Waals surface area contributed by atoms with Crippen LogP contribution in [0, 0.1) is 11.2 Å². The van der Waals surface area contributed by atoms with Gasteiger partial charge in [0.2, 0.25) is 11.7 Å². The summed E-state index contributed by atoms with van der Waals surface area (Å²) in [5.41, 5.74) is -0.460. The summed E-state index contributed by atoms with van der Waals surface area (Å²) in [4.78, 5) is 25.5. The van der Waals surface area contributed by atoms with Crippen LogP contribution in [0.2, 0.25) is 5.02 Å². The Morgan fingerprint density at radius 1 is 1.24 bits per heavy atom. The van der Waals surface area contributed by atoms with Gasteiger partial charge in [0.05, 0.1) is 16.4 Å². The SMILES string of the molecule is CC(C)(C)C(=O)NCc1ccc(C(=O)COc2ccc(F)cc2Cl)s1. The van der Waals surface area contributed by atoms with Crippen molar-refractivity contribution in [2.75, 3.05) is 6.61 Å². The van der Waals surface area contributed by atoms with Crippen molar-refractivity contribution in [2.45, 2.75) is 27.3 Å². The van der Waals surface area contributed by atoms with Gasteiger partial charge < -0.3 is 10.1 Å². The van der Waals surface area contributed by atoms with Gasteiger partial charge in [-0.25, -0.2) is 4.39 Å². The standard InChI is InChI=1S/C18H19ClFNO3S/c1-18(2,3)17(23)21-9-12-5-7-16(25-12)14(22)10-24-15-6-4-11(20)8-13(15)19/h4-8H,9-10H2,1-3H3,(H,21,23). The zero-order valence-electron chi connectivity index (χ0n) is 14.2. The number of Topliss-reactive ketones (excluding diaryl/α,β-unsaturated/α-hetero) is 1. The molecule has 1 heterocycles. The number of ether oxygens (including phenoxy) is 1. The first kappa shape index (κ1) is 19.4. The number of carbonyl (C=O) groups excluding carboxylic acids is 2. The second kappa shape index (κ2) is 7.97. The lowest BCUT2D eigenvalue weighted by atomic mass is 9.96. The van der Waals surface area contributed by atoms with Crippen molar-refractivity contribution in [1.82, 2.24) is 5.32 Å². The van der Waals surface area contributed by atoms with Crippen molar-refractivity contribution in [3.63, 3.8) is 0 Å². The summed E-state index contributed by atoms with van der Waals surface area (Å²) in [6.07, 6.45) is 0. The molecule has 0 saturated heterocycles. The second-order valence-electron chi connectivity index (χ2n) is 6.49. The number of ketones is 1. The number of hydrogen-bond donors (Lipinski definition) is 1. The minimum atomic E-state index is -0.469. The van der Waals surface area contributed by atoms with Gasteiger partial charge >= 0.3 is 0 Å². The Balaban J connectivity index is 1.90. The van der Waals surface area contributed by atoms with Crippen molar-refractivity contribution in [1.29, 1.82) is 0 Å². The molecule has 0 aliphatic heterocycles. The van der Waals surface area contributed by atoms with Crippen LogP contribution in [0.1, 0.15) is 35.3 Å². The van der Waals surface area contributed by atoms with Gasteiger partial charge in [-0.15, -0.1) is 11.3 Å². The molecule has 25 heavy (non-hydrogen) atoms. The average molecular weight is 384 g/mol. The normalized spacial score (nSPS) is 11.2. The molecule has 134 valence electrons. The molecule has 0 fully saturated rings. The molecule has 7 heteroatoms. The van der Waals surface area contributed by atoms with Gasteiger partial charge in [0, 0.05) is 10.3 Å². The van der Waals surface area contributed by atoms with E-state index in [1.54, 1.807) is 12.1 Å². The lowest BCUT2D eigenvalue weighted by Crippen LogP contribution is -2.34. The summed E-state index contributed by atoms with van der Waals surface area (Å²) in [5.74, 6) is -0.476. The van der Waals surface area contributed by atoms with Crippen molar-refractivity contribution in [3.8, 4) is 5.75 Å². The Kier molecular flexibility index (Phi) is 6.19. The topological polar surface area (TPSA) is 55.4 Å². The molecule has 1 aromatic heterocycles. The molecule has 0 saturated carbocycles. The molecule has 0 radical (unpaired) electrons. The first-order chi connectivity index (χ1) is 11.7. The minimum absolute atomic E-state index is 0.0527. The molecule has 4 nitrogen and oxygen atoms in total. The van der Waals surface area contributed by atoms with Crippen LogP contribution >= 0.6 is 22.9 Å². The first-order valence-corrected chi connectivity index (χ1v) is 8.84. The predicted molar refractivity (Wildman–Crippen MR) is 96.9 cm³/mol. The van der Waals surface area contributed by atoms with Crippen LogP contribution in [0.5, 0.6) is 5.75 Å². The maximum Gasteiger partial charge on any atom is 0.225 e. The molecule has 2 rings (SSSR count). The molecule has 0 unspecified atom stereocenters. The summed E-state index contributed by atoms with van der Waals surface area (Å²) in [6, 6.07) is 7.22. The number of carbonyl (C=O) groups is 2. The van der Waals surface area contributed by atoms with Crippen LogP contribution in [-0.4, -0.2) is 18.3 Å². The zero-order valence-corrected chi connectivity index (χ0v) is 15.8. The van der Waals surface area contributed by atoms with Crippen LogP contribution in [0.15, 0.2) is 30.3 Å². The predicted octanol–water partition coefficient (Wildman–Crippen LogP) is 4.46. The van der Waals surface area contributed by atoms with E-state index in [1.165, 1.54) is 23.5 Å². The number of thiophene rings is 1. The van der Waals surface area contributed by atoms with Gasteiger partial charge in [0.15, 0.2) is 6.61 Å². The summed E-state index contributed by atoms with van der Waals surface area (Å²) in [6.45, 7) is 5.69. The Hall–Kier alpha value is -1.92. The number of amides is 1. The molecule has 0 atom stereocenters. The highest BCUT2D eigenvalue weighted by atomic mass is 35.5. The molecule has 0 aliphatic rings. The van der Waals surface area contributed by atoms with Crippen LogP contribution in [-0.2, 0) is 11.3 Å². The van der Waals surface area contributed by atoms with Crippen molar-refractivity contribution in [3.05, 3.63) is 50.9 Å². The van der Waals surface area contributed by atoms with Gasteiger partial charge in [0.1, 0.15) is 11.6 Å². The quantitative estimate of drug-likeness (QED) is 0.749. The van der Waals surface area contributed by atoms with Crippen molar-refractivity contribution < 1.29 is 18.7 Å². The fourth-order valence-corrected chi connectivity index (χ4v) is 2.96. The van der Waals surface area contributed by atoms with Crippen LogP contribution in [0.25, 0.3) is 0 Å². The zero-order chi connectivity index (χ0) is 18.6. The number of benzene rings is 1. The van der Waals surface area contributed by atoms with Gasteiger partial charge in [-0.1, -0.05) is 32.4 Å². The third-order valence-electron chi connectivity index (χ3n) is 3.29. The van der Waals surface area contributed by atoms with E-state index < -0.39 is 11.2 Å². The minimum Gasteiger partial charge on any atom is -0.484 e. The Bertz CT molecular complexity index is 783. The summed E-state index contributed by atoms with van der Waals surface area (Å²) >= 11 is 7.15. The van der Waals surface area contributed by atoms with E-state index in [1.807, 2.05) is 20.8 Å². The molecule has 1 aromatic carbocycles. The number of rotatable bonds is 6. The Labute approximate surface area is 155 Å². The lowest BCUT2D eigenvalue weighted by molar-refractivity contribution is -0.128. The molecule has 0 aliphatic carbocycles. The number of nitrogens with one attached hydrogen (secondary N) is 1. The molecule has 1 N–H and O–H groups in total. The monoisotopic (exact) mass is 383 g/mol. The Morgan fingerprint density at radius 3 is 2.60 bits per heavy atom. The highest BCUT2D eigenvalue weighted by Gasteiger charge is 2.21. The number of hydrogen-bond acceptors (Lipinski definition) is 4. The van der Waals surface area contributed by atoms with Crippen molar-refractivity contribution >= 4 is 34.6 Å². The fraction of sp³-hybridized carbons (Fsp3) is 0.333. The van der Waals surface area contributed by atoms with E-state index in [4.69, 9.17) is 16.3 Å². The van der Waals surface area contributed by atoms with E-state index >= 15 is 0 Å². The van der Waals surface area contributed by atoms with Gasteiger partial charge in [-0.2, -0.15) is 0 Å². The Morgan fingerprint density at radius 2 is 1.96 bits per heavy atom. The van der Waals surface area contributed by atoms with Crippen LogP contribution in [0.4, 0.5) is 4.39 Å². The summed E-state index contributed by atoms with van der Waals surface area (Å²) < 4.78 is 18.3. The molecule has 0 spiro atoms. The lowest BCUT2D eigenvalue weighted by Gasteiger charge is -2.17.